The Balaban J connectivity index is 2.24. The van der Waals surface area contributed by atoms with Gasteiger partial charge in [0, 0.05) is 26.3 Å². The third kappa shape index (κ3) is 3.60. The minimum atomic E-state index is -4.08. The smallest absolute Gasteiger partial charge is 0.211 e. The van der Waals surface area contributed by atoms with E-state index in [-0.39, 0.29) is 10.3 Å². The van der Waals surface area contributed by atoms with E-state index < -0.39 is 26.0 Å². The Bertz CT molecular complexity index is 1210. The lowest BCUT2D eigenvalue weighted by molar-refractivity contribution is 0.414. The Kier molecular flexibility index (Phi) is 5.66. The van der Waals surface area contributed by atoms with Crippen LogP contribution in [0.2, 0.25) is 0 Å². The molecule has 8 heteroatoms. The van der Waals surface area contributed by atoms with E-state index in [9.17, 15) is 17.6 Å². The molecule has 0 saturated carbocycles. The van der Waals surface area contributed by atoms with Crippen LogP contribution in [0.15, 0.2) is 57.2 Å². The number of rotatable bonds is 6. The zero-order valence-electron chi connectivity index (χ0n) is 16.8. The van der Waals surface area contributed by atoms with Crippen molar-refractivity contribution in [2.75, 3.05) is 25.1 Å². The van der Waals surface area contributed by atoms with Crippen LogP contribution in [0.3, 0.4) is 0 Å². The third-order valence-corrected chi connectivity index (χ3v) is 6.75. The van der Waals surface area contributed by atoms with Crippen LogP contribution < -0.4 is 15.1 Å². The van der Waals surface area contributed by atoms with Gasteiger partial charge >= 0.3 is 0 Å². The molecule has 1 aromatic heterocycles. The first-order valence-corrected chi connectivity index (χ1v) is 10.7. The molecule has 0 saturated heterocycles. The average molecular weight is 418 g/mol. The molecule has 0 amide bonds. The molecule has 0 fully saturated rings. The third-order valence-electron chi connectivity index (χ3n) is 4.99. The summed E-state index contributed by atoms with van der Waals surface area (Å²) in [5, 5.41) is 0.0236. The number of ether oxygens (including phenoxy) is 1. The van der Waals surface area contributed by atoms with Crippen LogP contribution in [0.4, 0.5) is 10.1 Å². The average Bonchev–Trinajstić information content (AvgIpc) is 2.72. The van der Waals surface area contributed by atoms with Gasteiger partial charge in [-0.2, -0.15) is 0 Å². The summed E-state index contributed by atoms with van der Waals surface area (Å²) >= 11 is 0. The number of sulfone groups is 1. The van der Waals surface area contributed by atoms with Crippen LogP contribution in [0.1, 0.15) is 13.8 Å². The zero-order chi connectivity index (χ0) is 21.3. The van der Waals surface area contributed by atoms with E-state index in [1.165, 1.54) is 37.6 Å². The fourth-order valence-corrected chi connectivity index (χ4v) is 4.74. The highest BCUT2D eigenvalue weighted by Crippen LogP contribution is 2.27. The van der Waals surface area contributed by atoms with E-state index in [1.54, 1.807) is 17.7 Å². The minimum absolute atomic E-state index is 0.0236. The fourth-order valence-electron chi connectivity index (χ4n) is 3.34. The Morgan fingerprint density at radius 2 is 1.72 bits per heavy atom. The van der Waals surface area contributed by atoms with Gasteiger partial charge in [0.15, 0.2) is 0 Å². The van der Waals surface area contributed by atoms with E-state index >= 15 is 0 Å². The van der Waals surface area contributed by atoms with E-state index in [0.717, 1.165) is 6.07 Å². The summed E-state index contributed by atoms with van der Waals surface area (Å²) < 4.78 is 47.4. The largest absolute Gasteiger partial charge is 0.497 e. The normalized spacial score (nSPS) is 11.6. The summed E-state index contributed by atoms with van der Waals surface area (Å²) in [6, 6.07) is 8.48. The van der Waals surface area contributed by atoms with Crippen LogP contribution in [0.5, 0.6) is 5.75 Å². The van der Waals surface area contributed by atoms with Crippen LogP contribution >= 0.6 is 0 Å². The molecule has 2 aromatic carbocycles. The number of hydrogen-bond donors (Lipinski definition) is 0. The number of halogens is 1. The van der Waals surface area contributed by atoms with Gasteiger partial charge in [-0.3, -0.25) is 4.79 Å². The maximum Gasteiger partial charge on any atom is 0.211 e. The van der Waals surface area contributed by atoms with Gasteiger partial charge in [-0.1, -0.05) is 0 Å². The Morgan fingerprint density at radius 3 is 2.28 bits per heavy atom. The molecule has 0 radical (unpaired) electrons. The maximum absolute atomic E-state index is 14.7. The molecule has 0 atom stereocenters. The Hall–Kier alpha value is -2.87. The SMILES string of the molecule is CCN(CC)c1cc2c(cc1F)c(=O)c(S(=O)(=O)c1ccc(OC)cc1)cn2C. The molecule has 0 spiro atoms. The highest BCUT2D eigenvalue weighted by molar-refractivity contribution is 7.91. The van der Waals surface area contributed by atoms with Crippen molar-refractivity contribution in [3.05, 3.63) is 58.6 Å². The van der Waals surface area contributed by atoms with Gasteiger partial charge in [-0.05, 0) is 50.2 Å². The summed E-state index contributed by atoms with van der Waals surface area (Å²) in [7, 11) is -0.966. The monoisotopic (exact) mass is 418 g/mol. The van der Waals surface area contributed by atoms with Gasteiger partial charge in [0.2, 0.25) is 15.3 Å². The second-order valence-electron chi connectivity index (χ2n) is 6.61. The lowest BCUT2D eigenvalue weighted by atomic mass is 10.1. The number of pyridine rings is 1. The second-order valence-corrected chi connectivity index (χ2v) is 8.52. The predicted molar refractivity (Wildman–Crippen MR) is 111 cm³/mol. The Labute approximate surface area is 169 Å². The minimum Gasteiger partial charge on any atom is -0.497 e. The standard InChI is InChI=1S/C21H23FN2O4S/c1-5-24(6-2)19-12-18-16(11-17(19)22)21(25)20(13-23(18)3)29(26,27)15-9-7-14(28-4)8-10-15/h7-13H,5-6H2,1-4H3. The molecule has 1 heterocycles. The van der Waals surface area contributed by atoms with Crippen molar-refractivity contribution in [1.29, 1.82) is 0 Å². The van der Waals surface area contributed by atoms with Gasteiger partial charge in [0.25, 0.3) is 0 Å². The topological polar surface area (TPSA) is 68.6 Å². The maximum atomic E-state index is 14.7. The first-order chi connectivity index (χ1) is 13.7. The Morgan fingerprint density at radius 1 is 1.10 bits per heavy atom. The van der Waals surface area contributed by atoms with Crippen molar-refractivity contribution in [2.45, 2.75) is 23.6 Å². The van der Waals surface area contributed by atoms with E-state index in [4.69, 9.17) is 4.74 Å². The highest BCUT2D eigenvalue weighted by atomic mass is 32.2. The molecule has 0 aliphatic heterocycles. The fraction of sp³-hybridized carbons (Fsp3) is 0.286. The number of aryl methyl sites for hydroxylation is 1. The van der Waals surface area contributed by atoms with Crippen molar-refractivity contribution >= 4 is 26.4 Å². The molecule has 0 bridgehead atoms. The zero-order valence-corrected chi connectivity index (χ0v) is 17.6. The number of nitrogens with zero attached hydrogens (tertiary/aromatic N) is 2. The van der Waals surface area contributed by atoms with Crippen molar-refractivity contribution in [3.63, 3.8) is 0 Å². The van der Waals surface area contributed by atoms with Gasteiger partial charge in [0.05, 0.1) is 28.6 Å². The summed E-state index contributed by atoms with van der Waals surface area (Å²) in [5.74, 6) is -0.0568. The van der Waals surface area contributed by atoms with E-state index in [1.807, 2.05) is 18.7 Å². The lowest BCUT2D eigenvalue weighted by Crippen LogP contribution is -2.24. The number of aromatic nitrogens is 1. The molecule has 0 N–H and O–H groups in total. The summed E-state index contributed by atoms with van der Waals surface area (Å²) in [4.78, 5) is 14.4. The quantitative estimate of drug-likeness (QED) is 0.614. The van der Waals surface area contributed by atoms with Crippen LogP contribution in [-0.2, 0) is 16.9 Å². The number of hydrogen-bond acceptors (Lipinski definition) is 5. The van der Waals surface area contributed by atoms with Gasteiger partial charge in [0.1, 0.15) is 16.5 Å². The van der Waals surface area contributed by atoms with Crippen LogP contribution in [0.25, 0.3) is 10.9 Å². The molecule has 3 rings (SSSR count). The first kappa shape index (κ1) is 20.9. The van der Waals surface area contributed by atoms with Crippen molar-refractivity contribution < 1.29 is 17.5 Å². The molecule has 154 valence electrons. The van der Waals surface area contributed by atoms with E-state index in [2.05, 4.69) is 0 Å². The summed E-state index contributed by atoms with van der Waals surface area (Å²) in [6.45, 7) is 5.04. The number of fused-ring (bicyclic) bond motifs is 1. The van der Waals surface area contributed by atoms with Crippen molar-refractivity contribution in [3.8, 4) is 5.75 Å². The molecular weight excluding hydrogens is 395 g/mol. The summed E-state index contributed by atoms with van der Waals surface area (Å²) in [6.07, 6.45) is 1.29. The lowest BCUT2D eigenvalue weighted by Gasteiger charge is -2.22. The number of methoxy groups -OCH3 is 1. The van der Waals surface area contributed by atoms with Crippen LogP contribution in [0, 0.1) is 5.82 Å². The second kappa shape index (κ2) is 7.87. The predicted octanol–water partition coefficient (Wildman–Crippen LogP) is 3.37. The molecule has 6 nitrogen and oxygen atoms in total. The van der Waals surface area contributed by atoms with Crippen molar-refractivity contribution in [1.82, 2.24) is 4.57 Å². The molecule has 3 aromatic rings. The van der Waals surface area contributed by atoms with Crippen LogP contribution in [-0.4, -0.2) is 33.2 Å². The molecule has 0 aliphatic carbocycles. The molecule has 29 heavy (non-hydrogen) atoms. The molecule has 0 unspecified atom stereocenters. The first-order valence-electron chi connectivity index (χ1n) is 9.21. The molecular formula is C21H23FN2O4S. The summed E-state index contributed by atoms with van der Waals surface area (Å²) in [5.41, 5.74) is 0.120. The number of anilines is 1. The molecule has 0 aliphatic rings. The van der Waals surface area contributed by atoms with Gasteiger partial charge in [-0.25, -0.2) is 12.8 Å². The van der Waals surface area contributed by atoms with Gasteiger partial charge in [-0.15, -0.1) is 0 Å². The van der Waals surface area contributed by atoms with Crippen molar-refractivity contribution in [2.24, 2.45) is 7.05 Å². The number of benzene rings is 2. The van der Waals surface area contributed by atoms with E-state index in [0.29, 0.717) is 30.0 Å². The highest BCUT2D eigenvalue weighted by Gasteiger charge is 2.24. The van der Waals surface area contributed by atoms with Gasteiger partial charge < -0.3 is 14.2 Å².